The normalized spacial score (nSPS) is 15.6. The standard InChI is InChI=1S/C20H17FN4O/c1-13-10-14-6-2-5-9-18(14)25(13)20(26)17-11-19(23-12-22-17)24-16-8-4-3-7-15(16)21/h2-9,11-13H,10H2,1H3,(H,22,23,24). The van der Waals surface area contributed by atoms with Crippen molar-refractivity contribution in [1.29, 1.82) is 0 Å². The molecule has 1 aromatic heterocycles. The van der Waals surface area contributed by atoms with Crippen molar-refractivity contribution in [3.63, 3.8) is 0 Å². The predicted octanol–water partition coefficient (Wildman–Crippen LogP) is 3.95. The van der Waals surface area contributed by atoms with Crippen LogP contribution in [-0.2, 0) is 6.42 Å². The highest BCUT2D eigenvalue weighted by Gasteiger charge is 2.32. The molecule has 1 amide bonds. The molecule has 26 heavy (non-hydrogen) atoms. The first-order valence-electron chi connectivity index (χ1n) is 8.38. The van der Waals surface area contributed by atoms with Gasteiger partial charge in [0.2, 0.25) is 0 Å². The SMILES string of the molecule is CC1Cc2ccccc2N1C(=O)c1cc(Nc2ccccc2F)ncn1. The van der Waals surface area contributed by atoms with E-state index in [9.17, 15) is 9.18 Å². The van der Waals surface area contributed by atoms with E-state index in [0.717, 1.165) is 17.7 Å². The number of aromatic nitrogens is 2. The summed E-state index contributed by atoms with van der Waals surface area (Å²) in [6.07, 6.45) is 2.12. The Morgan fingerprint density at radius 2 is 1.92 bits per heavy atom. The molecule has 4 rings (SSSR count). The summed E-state index contributed by atoms with van der Waals surface area (Å²) in [4.78, 5) is 23.0. The van der Waals surface area contributed by atoms with E-state index in [1.807, 2.05) is 31.2 Å². The Morgan fingerprint density at radius 1 is 1.15 bits per heavy atom. The molecule has 1 N–H and O–H groups in total. The van der Waals surface area contributed by atoms with Crippen molar-refractivity contribution >= 4 is 23.1 Å². The molecule has 1 aliphatic heterocycles. The lowest BCUT2D eigenvalue weighted by Gasteiger charge is -2.22. The third kappa shape index (κ3) is 2.90. The molecular weight excluding hydrogens is 331 g/mol. The summed E-state index contributed by atoms with van der Waals surface area (Å²) in [5.41, 5.74) is 2.62. The summed E-state index contributed by atoms with van der Waals surface area (Å²) in [5, 5.41) is 2.89. The number of halogens is 1. The van der Waals surface area contributed by atoms with E-state index in [1.54, 1.807) is 29.2 Å². The van der Waals surface area contributed by atoms with Crippen molar-refractivity contribution < 1.29 is 9.18 Å². The van der Waals surface area contributed by atoms with Crippen LogP contribution >= 0.6 is 0 Å². The second-order valence-corrected chi connectivity index (χ2v) is 6.25. The molecular formula is C20H17FN4O. The number of fused-ring (bicyclic) bond motifs is 1. The number of hydrogen-bond acceptors (Lipinski definition) is 4. The lowest BCUT2D eigenvalue weighted by atomic mass is 10.1. The molecule has 1 aliphatic rings. The maximum Gasteiger partial charge on any atom is 0.277 e. The Kier molecular flexibility index (Phi) is 4.08. The maximum absolute atomic E-state index is 13.8. The smallest absolute Gasteiger partial charge is 0.277 e. The van der Waals surface area contributed by atoms with Gasteiger partial charge < -0.3 is 10.2 Å². The molecule has 1 atom stereocenters. The van der Waals surface area contributed by atoms with Crippen LogP contribution in [-0.4, -0.2) is 21.9 Å². The van der Waals surface area contributed by atoms with E-state index in [2.05, 4.69) is 15.3 Å². The second-order valence-electron chi connectivity index (χ2n) is 6.25. The lowest BCUT2D eigenvalue weighted by Crippen LogP contribution is -2.36. The largest absolute Gasteiger partial charge is 0.338 e. The first kappa shape index (κ1) is 16.2. The van der Waals surface area contributed by atoms with Crippen molar-refractivity contribution in [2.24, 2.45) is 0 Å². The van der Waals surface area contributed by atoms with Crippen molar-refractivity contribution in [3.05, 3.63) is 78.0 Å². The number of para-hydroxylation sites is 2. The average Bonchev–Trinajstić information content (AvgIpc) is 2.99. The van der Waals surface area contributed by atoms with Crippen molar-refractivity contribution in [1.82, 2.24) is 9.97 Å². The van der Waals surface area contributed by atoms with E-state index in [4.69, 9.17) is 0 Å². The van der Waals surface area contributed by atoms with Gasteiger partial charge in [-0.15, -0.1) is 0 Å². The van der Waals surface area contributed by atoms with Gasteiger partial charge in [0, 0.05) is 17.8 Å². The van der Waals surface area contributed by atoms with Crippen LogP contribution in [0.5, 0.6) is 0 Å². The van der Waals surface area contributed by atoms with Crippen LogP contribution in [0.2, 0.25) is 0 Å². The Balaban J connectivity index is 1.63. The van der Waals surface area contributed by atoms with E-state index >= 15 is 0 Å². The number of carbonyl (C=O) groups is 1. The zero-order valence-corrected chi connectivity index (χ0v) is 14.2. The minimum atomic E-state index is -0.388. The third-order valence-corrected chi connectivity index (χ3v) is 4.45. The molecule has 0 fully saturated rings. The van der Waals surface area contributed by atoms with Gasteiger partial charge in [0.1, 0.15) is 23.7 Å². The number of amides is 1. The van der Waals surface area contributed by atoms with Gasteiger partial charge in [-0.2, -0.15) is 0 Å². The molecule has 5 nitrogen and oxygen atoms in total. The number of anilines is 3. The fraction of sp³-hybridized carbons (Fsp3) is 0.150. The van der Waals surface area contributed by atoms with Gasteiger partial charge in [0.15, 0.2) is 0 Å². The highest BCUT2D eigenvalue weighted by atomic mass is 19.1. The van der Waals surface area contributed by atoms with Crippen molar-refractivity contribution in [3.8, 4) is 0 Å². The number of benzene rings is 2. The molecule has 0 radical (unpaired) electrons. The van der Waals surface area contributed by atoms with Gasteiger partial charge in [0.25, 0.3) is 5.91 Å². The van der Waals surface area contributed by atoms with Crippen LogP contribution in [0, 0.1) is 5.82 Å². The monoisotopic (exact) mass is 348 g/mol. The molecule has 3 aromatic rings. The number of rotatable bonds is 3. The summed E-state index contributed by atoms with van der Waals surface area (Å²) in [6.45, 7) is 2.01. The van der Waals surface area contributed by atoms with Crippen LogP contribution in [0.25, 0.3) is 0 Å². The van der Waals surface area contributed by atoms with Gasteiger partial charge in [0.05, 0.1) is 5.69 Å². The van der Waals surface area contributed by atoms with Gasteiger partial charge in [-0.1, -0.05) is 30.3 Å². The zero-order valence-electron chi connectivity index (χ0n) is 14.2. The second kappa shape index (κ2) is 6.55. The Hall–Kier alpha value is -3.28. The molecule has 2 aromatic carbocycles. The number of nitrogens with zero attached hydrogens (tertiary/aromatic N) is 3. The number of hydrogen-bond donors (Lipinski definition) is 1. The average molecular weight is 348 g/mol. The summed E-state index contributed by atoms with van der Waals surface area (Å²) in [6, 6.07) is 15.8. The maximum atomic E-state index is 13.8. The van der Waals surface area contributed by atoms with Gasteiger partial charge in [-0.3, -0.25) is 4.79 Å². The minimum Gasteiger partial charge on any atom is -0.338 e. The topological polar surface area (TPSA) is 58.1 Å². The first-order valence-corrected chi connectivity index (χ1v) is 8.38. The van der Waals surface area contributed by atoms with Crippen molar-refractivity contribution in [2.45, 2.75) is 19.4 Å². The summed E-state index contributed by atoms with van der Waals surface area (Å²) in [5.74, 6) is -0.212. The molecule has 6 heteroatoms. The molecule has 0 aliphatic carbocycles. The van der Waals surface area contributed by atoms with Gasteiger partial charge in [-0.25, -0.2) is 14.4 Å². The van der Waals surface area contributed by atoms with Gasteiger partial charge >= 0.3 is 0 Å². The van der Waals surface area contributed by atoms with E-state index in [1.165, 1.54) is 12.4 Å². The Bertz CT molecular complexity index is 975. The number of carbonyl (C=O) groups excluding carboxylic acids is 1. The van der Waals surface area contributed by atoms with E-state index < -0.39 is 0 Å². The summed E-state index contributed by atoms with van der Waals surface area (Å²) in [7, 11) is 0. The molecule has 0 saturated heterocycles. The van der Waals surface area contributed by atoms with Gasteiger partial charge in [-0.05, 0) is 37.1 Å². The Morgan fingerprint density at radius 3 is 2.77 bits per heavy atom. The number of nitrogens with one attached hydrogen (secondary N) is 1. The molecule has 130 valence electrons. The van der Waals surface area contributed by atoms with Crippen LogP contribution in [0.15, 0.2) is 60.9 Å². The fourth-order valence-corrected chi connectivity index (χ4v) is 3.24. The highest BCUT2D eigenvalue weighted by Crippen LogP contribution is 2.33. The van der Waals surface area contributed by atoms with Crippen LogP contribution in [0.1, 0.15) is 23.0 Å². The third-order valence-electron chi connectivity index (χ3n) is 4.45. The quantitative estimate of drug-likeness (QED) is 0.779. The van der Waals surface area contributed by atoms with Crippen LogP contribution in [0.3, 0.4) is 0 Å². The van der Waals surface area contributed by atoms with Crippen LogP contribution < -0.4 is 10.2 Å². The first-order chi connectivity index (χ1) is 12.6. The van der Waals surface area contributed by atoms with E-state index in [0.29, 0.717) is 11.5 Å². The van der Waals surface area contributed by atoms with E-state index in [-0.39, 0.29) is 23.5 Å². The predicted molar refractivity (Wildman–Crippen MR) is 98.1 cm³/mol. The summed E-state index contributed by atoms with van der Waals surface area (Å²) >= 11 is 0. The lowest BCUT2D eigenvalue weighted by molar-refractivity contribution is 0.0976. The van der Waals surface area contributed by atoms with Crippen molar-refractivity contribution in [2.75, 3.05) is 10.2 Å². The Labute approximate surface area is 150 Å². The minimum absolute atomic E-state index is 0.0536. The summed E-state index contributed by atoms with van der Waals surface area (Å²) < 4.78 is 13.8. The zero-order chi connectivity index (χ0) is 18.1. The highest BCUT2D eigenvalue weighted by molar-refractivity contribution is 6.06. The molecule has 0 bridgehead atoms. The van der Waals surface area contributed by atoms with Crippen LogP contribution in [0.4, 0.5) is 21.6 Å². The fourth-order valence-electron chi connectivity index (χ4n) is 3.24. The molecule has 2 heterocycles. The molecule has 0 saturated carbocycles. The molecule has 0 spiro atoms. The molecule has 1 unspecified atom stereocenters.